The van der Waals surface area contributed by atoms with Crippen LogP contribution in [-0.4, -0.2) is 59.1 Å². The molecule has 2 aromatic carbocycles. The van der Waals surface area contributed by atoms with E-state index in [2.05, 4.69) is 10.6 Å². The minimum atomic E-state index is -0.674. The van der Waals surface area contributed by atoms with Crippen molar-refractivity contribution in [1.82, 2.24) is 0 Å². The molecule has 11 nitrogen and oxygen atoms in total. The molecule has 0 bridgehead atoms. The maximum atomic E-state index is 12.8. The van der Waals surface area contributed by atoms with Gasteiger partial charge < -0.3 is 34.7 Å². The summed E-state index contributed by atoms with van der Waals surface area (Å²) in [6.45, 7) is 0.0103. The molecular formula is C21H25N3O8. The average molecular weight is 447 g/mol. The molecule has 32 heavy (non-hydrogen) atoms. The van der Waals surface area contributed by atoms with Crippen molar-refractivity contribution in [2.75, 3.05) is 51.8 Å². The third-order valence-electron chi connectivity index (χ3n) is 3.97. The van der Waals surface area contributed by atoms with Gasteiger partial charge >= 0.3 is 6.09 Å². The van der Waals surface area contributed by atoms with Crippen molar-refractivity contribution in [2.45, 2.75) is 0 Å². The number of carbonyl (C=O) groups is 3. The van der Waals surface area contributed by atoms with Crippen LogP contribution in [0.2, 0.25) is 0 Å². The Morgan fingerprint density at radius 1 is 0.906 bits per heavy atom. The summed E-state index contributed by atoms with van der Waals surface area (Å²) in [6.07, 6.45) is -0.647. The fourth-order valence-electron chi connectivity index (χ4n) is 2.55. The van der Waals surface area contributed by atoms with E-state index in [-0.39, 0.29) is 42.6 Å². The second-order valence-electron chi connectivity index (χ2n) is 6.25. The molecule has 0 aliphatic heterocycles. The first-order chi connectivity index (χ1) is 15.4. The number of methoxy groups -OCH3 is 3. The maximum absolute atomic E-state index is 12.8. The molecule has 11 heteroatoms. The Hall–Kier alpha value is -3.99. The van der Waals surface area contributed by atoms with Crippen LogP contribution < -0.4 is 30.6 Å². The van der Waals surface area contributed by atoms with Crippen molar-refractivity contribution in [1.29, 1.82) is 0 Å². The van der Waals surface area contributed by atoms with Crippen molar-refractivity contribution >= 4 is 29.3 Å². The number of hydrogen-bond acceptors (Lipinski definition) is 8. The molecule has 2 aromatic rings. The summed E-state index contributed by atoms with van der Waals surface area (Å²) >= 11 is 0. The Balaban J connectivity index is 2.15. The van der Waals surface area contributed by atoms with E-state index >= 15 is 0 Å². The molecule has 0 spiro atoms. The van der Waals surface area contributed by atoms with Crippen molar-refractivity contribution in [3.63, 3.8) is 0 Å². The summed E-state index contributed by atoms with van der Waals surface area (Å²) in [4.78, 5) is 35.6. The van der Waals surface area contributed by atoms with Gasteiger partial charge in [-0.2, -0.15) is 0 Å². The number of primary amides is 1. The van der Waals surface area contributed by atoms with E-state index in [0.29, 0.717) is 11.4 Å². The monoisotopic (exact) mass is 447 g/mol. The van der Waals surface area contributed by atoms with E-state index in [0.717, 1.165) is 0 Å². The number of anilines is 2. The van der Waals surface area contributed by atoms with Crippen LogP contribution >= 0.6 is 0 Å². The van der Waals surface area contributed by atoms with Crippen LogP contribution in [0, 0.1) is 0 Å². The Kier molecular flexibility index (Phi) is 9.11. The van der Waals surface area contributed by atoms with Gasteiger partial charge in [0, 0.05) is 24.0 Å². The Morgan fingerprint density at radius 2 is 1.53 bits per heavy atom. The van der Waals surface area contributed by atoms with E-state index in [1.165, 1.54) is 33.5 Å². The van der Waals surface area contributed by atoms with Crippen LogP contribution in [0.15, 0.2) is 36.4 Å². The van der Waals surface area contributed by atoms with Crippen LogP contribution in [-0.2, 0) is 14.3 Å². The lowest BCUT2D eigenvalue weighted by Gasteiger charge is -2.15. The highest BCUT2D eigenvalue weighted by Crippen LogP contribution is 2.38. The van der Waals surface area contributed by atoms with Gasteiger partial charge in [-0.3, -0.25) is 14.9 Å². The van der Waals surface area contributed by atoms with Crippen molar-refractivity contribution in [3.05, 3.63) is 42.0 Å². The number of ether oxygens (including phenoxy) is 5. The summed E-state index contributed by atoms with van der Waals surface area (Å²) in [5.74, 6) is -0.631. The van der Waals surface area contributed by atoms with Gasteiger partial charge in [0.1, 0.15) is 6.61 Å². The molecule has 0 aliphatic carbocycles. The number of amides is 3. The first kappa shape index (κ1) is 24.3. The van der Waals surface area contributed by atoms with Crippen LogP contribution in [0.3, 0.4) is 0 Å². The van der Waals surface area contributed by atoms with Crippen molar-refractivity contribution in [3.8, 4) is 17.2 Å². The number of hydrogen-bond donors (Lipinski definition) is 3. The molecule has 0 unspecified atom stereocenters. The molecule has 172 valence electrons. The van der Waals surface area contributed by atoms with Crippen molar-refractivity contribution < 1.29 is 38.1 Å². The second kappa shape index (κ2) is 12.0. The smallest absolute Gasteiger partial charge is 0.411 e. The highest BCUT2D eigenvalue weighted by atomic mass is 16.6. The molecule has 0 saturated carbocycles. The number of carbonyl (C=O) groups excluding carboxylic acids is 3. The normalized spacial score (nSPS) is 10.1. The number of rotatable bonds is 11. The van der Waals surface area contributed by atoms with Crippen LogP contribution in [0.25, 0.3) is 0 Å². The summed E-state index contributed by atoms with van der Waals surface area (Å²) < 4.78 is 25.6. The number of nitrogens with two attached hydrogens (primary N) is 1. The van der Waals surface area contributed by atoms with Gasteiger partial charge in [-0.15, -0.1) is 0 Å². The van der Waals surface area contributed by atoms with E-state index in [9.17, 15) is 14.4 Å². The lowest BCUT2D eigenvalue weighted by Crippen LogP contribution is -2.20. The lowest BCUT2D eigenvalue weighted by atomic mass is 10.1. The second-order valence-corrected chi connectivity index (χ2v) is 6.25. The maximum Gasteiger partial charge on any atom is 0.411 e. The topological polar surface area (TPSA) is 147 Å². The SMILES string of the molecule is COCCOC(=O)Nc1cccc(NC(=O)c2cc(OC)c(OCC(N)=O)c(OC)c2)c1. The molecule has 0 heterocycles. The predicted octanol–water partition coefficient (Wildman–Crippen LogP) is 2.02. The zero-order valence-corrected chi connectivity index (χ0v) is 17.9. The van der Waals surface area contributed by atoms with Crippen LogP contribution in [0.5, 0.6) is 17.2 Å². The Bertz CT molecular complexity index is 939. The summed E-state index contributed by atoms with van der Waals surface area (Å²) in [6, 6.07) is 9.38. The summed E-state index contributed by atoms with van der Waals surface area (Å²) in [5, 5.41) is 5.28. The molecule has 0 aliphatic rings. The standard InChI is InChI=1S/C21H25N3O8/c1-28-7-8-31-21(27)24-15-6-4-5-14(11-15)23-20(26)13-9-16(29-2)19(17(10-13)30-3)32-12-18(22)25/h4-6,9-11H,7-8,12H2,1-3H3,(H2,22,25)(H,23,26)(H,24,27). The first-order valence-corrected chi connectivity index (χ1v) is 9.39. The quantitative estimate of drug-likeness (QED) is 0.443. The zero-order chi connectivity index (χ0) is 23.5. The minimum absolute atomic E-state index is 0.113. The van der Waals surface area contributed by atoms with E-state index < -0.39 is 17.9 Å². The highest BCUT2D eigenvalue weighted by molar-refractivity contribution is 6.05. The minimum Gasteiger partial charge on any atom is -0.493 e. The van der Waals surface area contributed by atoms with Gasteiger partial charge in [0.15, 0.2) is 18.1 Å². The largest absolute Gasteiger partial charge is 0.493 e. The number of benzene rings is 2. The van der Waals surface area contributed by atoms with E-state index in [1.807, 2.05) is 0 Å². The molecule has 0 saturated heterocycles. The fourth-order valence-corrected chi connectivity index (χ4v) is 2.55. The highest BCUT2D eigenvalue weighted by Gasteiger charge is 2.18. The first-order valence-electron chi connectivity index (χ1n) is 9.39. The van der Waals surface area contributed by atoms with Gasteiger partial charge in [-0.1, -0.05) is 6.07 Å². The van der Waals surface area contributed by atoms with E-state index in [1.54, 1.807) is 24.3 Å². The Labute approximate surface area is 184 Å². The van der Waals surface area contributed by atoms with Gasteiger partial charge in [-0.05, 0) is 30.3 Å². The summed E-state index contributed by atoms with van der Waals surface area (Å²) in [7, 11) is 4.27. The molecule has 0 atom stereocenters. The molecule has 4 N–H and O–H groups in total. The average Bonchev–Trinajstić information content (AvgIpc) is 2.77. The third kappa shape index (κ3) is 7.06. The molecule has 3 amide bonds. The summed E-state index contributed by atoms with van der Waals surface area (Å²) in [5.41, 5.74) is 6.18. The Morgan fingerprint density at radius 3 is 2.09 bits per heavy atom. The molecule has 2 rings (SSSR count). The molecule has 0 fully saturated rings. The zero-order valence-electron chi connectivity index (χ0n) is 17.9. The van der Waals surface area contributed by atoms with Crippen molar-refractivity contribution in [2.24, 2.45) is 5.73 Å². The fraction of sp³-hybridized carbons (Fsp3) is 0.286. The lowest BCUT2D eigenvalue weighted by molar-refractivity contribution is -0.120. The van der Waals surface area contributed by atoms with Gasteiger partial charge in [0.05, 0.1) is 20.8 Å². The van der Waals surface area contributed by atoms with Gasteiger partial charge in [-0.25, -0.2) is 4.79 Å². The third-order valence-corrected chi connectivity index (χ3v) is 3.97. The van der Waals surface area contributed by atoms with Gasteiger partial charge in [0.2, 0.25) is 5.75 Å². The van der Waals surface area contributed by atoms with Crippen LogP contribution in [0.4, 0.5) is 16.2 Å². The predicted molar refractivity (Wildman–Crippen MR) is 115 cm³/mol. The van der Waals surface area contributed by atoms with E-state index in [4.69, 9.17) is 29.4 Å². The number of nitrogens with one attached hydrogen (secondary N) is 2. The van der Waals surface area contributed by atoms with Gasteiger partial charge in [0.25, 0.3) is 11.8 Å². The molecular weight excluding hydrogens is 422 g/mol. The van der Waals surface area contributed by atoms with Crippen LogP contribution in [0.1, 0.15) is 10.4 Å². The molecule has 0 aromatic heterocycles. The molecule has 0 radical (unpaired) electrons.